The van der Waals surface area contributed by atoms with E-state index >= 15 is 0 Å². The van der Waals surface area contributed by atoms with Gasteiger partial charge in [0.25, 0.3) is 0 Å². The second-order valence-electron chi connectivity index (χ2n) is 5.51. The number of nitrogens with one attached hydrogen (secondary N) is 1. The highest BCUT2D eigenvalue weighted by atomic mass is 32.2. The third kappa shape index (κ3) is 5.47. The molecule has 0 radical (unpaired) electrons. The number of rotatable bonds is 8. The smallest absolute Gasteiger partial charge is 0.0320 e. The molecule has 112 valence electrons. The van der Waals surface area contributed by atoms with Crippen LogP contribution in [0.5, 0.6) is 0 Å². The first kappa shape index (κ1) is 15.9. The predicted molar refractivity (Wildman–Crippen MR) is 90.5 cm³/mol. The highest BCUT2D eigenvalue weighted by Gasteiger charge is 2.12. The third-order valence-corrected chi connectivity index (χ3v) is 4.91. The minimum Gasteiger partial charge on any atom is -0.309 e. The van der Waals surface area contributed by atoms with Gasteiger partial charge in [0.05, 0.1) is 0 Å². The maximum atomic E-state index is 3.77. The maximum Gasteiger partial charge on any atom is 0.0320 e. The van der Waals surface area contributed by atoms with Crippen LogP contribution in [0.3, 0.4) is 0 Å². The largest absolute Gasteiger partial charge is 0.309 e. The van der Waals surface area contributed by atoms with Crippen molar-refractivity contribution in [2.45, 2.75) is 32.2 Å². The van der Waals surface area contributed by atoms with Crippen molar-refractivity contribution in [2.75, 3.05) is 37.7 Å². The van der Waals surface area contributed by atoms with Crippen LogP contribution in [0, 0.1) is 0 Å². The van der Waals surface area contributed by atoms with Gasteiger partial charge in [0.1, 0.15) is 0 Å². The van der Waals surface area contributed by atoms with Gasteiger partial charge in [0, 0.05) is 43.7 Å². The molecule has 2 rings (SSSR count). The van der Waals surface area contributed by atoms with Crippen LogP contribution in [0.15, 0.2) is 30.3 Å². The van der Waals surface area contributed by atoms with E-state index in [9.17, 15) is 0 Å². The Morgan fingerprint density at radius 2 is 1.95 bits per heavy atom. The van der Waals surface area contributed by atoms with Gasteiger partial charge in [0.2, 0.25) is 0 Å². The van der Waals surface area contributed by atoms with Crippen LogP contribution in [-0.2, 0) is 0 Å². The lowest BCUT2D eigenvalue weighted by molar-refractivity contribution is 0.293. The summed E-state index contributed by atoms with van der Waals surface area (Å²) in [5, 5.41) is 3.77. The lowest BCUT2D eigenvalue weighted by Gasteiger charge is -2.27. The van der Waals surface area contributed by atoms with Gasteiger partial charge >= 0.3 is 0 Å². The standard InChI is InChI=1S/C17H28N2S/c1-2-3-9-17(16-7-5-4-6-8-16)18-10-11-19-12-14-20-15-13-19/h4-8,17-18H,2-3,9-15H2,1H3. The van der Waals surface area contributed by atoms with Crippen molar-refractivity contribution in [1.29, 1.82) is 0 Å². The summed E-state index contributed by atoms with van der Waals surface area (Å²) in [6, 6.07) is 11.4. The van der Waals surface area contributed by atoms with E-state index in [1.165, 1.54) is 56.0 Å². The van der Waals surface area contributed by atoms with E-state index in [0.29, 0.717) is 6.04 Å². The Balaban J connectivity index is 1.78. The van der Waals surface area contributed by atoms with Gasteiger partial charge in [-0.3, -0.25) is 0 Å². The lowest BCUT2D eigenvalue weighted by atomic mass is 10.0. The Bertz CT molecular complexity index is 349. The van der Waals surface area contributed by atoms with Crippen LogP contribution in [0.1, 0.15) is 37.8 Å². The van der Waals surface area contributed by atoms with E-state index in [1.807, 2.05) is 0 Å². The van der Waals surface area contributed by atoms with Crippen LogP contribution in [-0.4, -0.2) is 42.6 Å². The molecule has 1 atom stereocenters. The maximum absolute atomic E-state index is 3.77. The molecule has 0 aromatic heterocycles. The zero-order valence-electron chi connectivity index (χ0n) is 12.7. The Morgan fingerprint density at radius 3 is 2.65 bits per heavy atom. The summed E-state index contributed by atoms with van der Waals surface area (Å²) >= 11 is 2.08. The molecule has 0 aliphatic carbocycles. The van der Waals surface area contributed by atoms with Crippen molar-refractivity contribution in [2.24, 2.45) is 0 Å². The molecule has 0 spiro atoms. The van der Waals surface area contributed by atoms with Gasteiger partial charge < -0.3 is 10.2 Å². The molecule has 1 saturated heterocycles. The summed E-state index contributed by atoms with van der Waals surface area (Å²) < 4.78 is 0. The SMILES string of the molecule is CCCCC(NCCN1CCSCC1)c1ccccc1. The van der Waals surface area contributed by atoms with E-state index in [1.54, 1.807) is 0 Å². The topological polar surface area (TPSA) is 15.3 Å². The first-order valence-electron chi connectivity index (χ1n) is 7.98. The lowest BCUT2D eigenvalue weighted by Crippen LogP contribution is -2.38. The predicted octanol–water partition coefficient (Wildman–Crippen LogP) is 3.56. The quantitative estimate of drug-likeness (QED) is 0.789. The fourth-order valence-corrected chi connectivity index (χ4v) is 3.68. The van der Waals surface area contributed by atoms with E-state index in [2.05, 4.69) is 59.2 Å². The molecule has 1 N–H and O–H groups in total. The van der Waals surface area contributed by atoms with Gasteiger partial charge in [0.15, 0.2) is 0 Å². The summed E-state index contributed by atoms with van der Waals surface area (Å²) in [7, 11) is 0. The molecule has 0 amide bonds. The first-order valence-corrected chi connectivity index (χ1v) is 9.14. The minimum absolute atomic E-state index is 0.523. The van der Waals surface area contributed by atoms with Crippen LogP contribution in [0.4, 0.5) is 0 Å². The summed E-state index contributed by atoms with van der Waals surface area (Å²) in [5.74, 6) is 2.61. The van der Waals surface area contributed by atoms with Crippen molar-refractivity contribution in [3.05, 3.63) is 35.9 Å². The number of benzene rings is 1. The number of hydrogen-bond donors (Lipinski definition) is 1. The van der Waals surface area contributed by atoms with E-state index in [0.717, 1.165) is 6.54 Å². The summed E-state index contributed by atoms with van der Waals surface area (Å²) in [6.45, 7) is 7.09. The number of thioether (sulfide) groups is 1. The van der Waals surface area contributed by atoms with Crippen LogP contribution < -0.4 is 5.32 Å². The molecule has 1 unspecified atom stereocenters. The van der Waals surface area contributed by atoms with Crippen molar-refractivity contribution in [1.82, 2.24) is 10.2 Å². The molecular weight excluding hydrogens is 264 g/mol. The van der Waals surface area contributed by atoms with Crippen molar-refractivity contribution in [3.8, 4) is 0 Å². The molecule has 1 heterocycles. The second-order valence-corrected chi connectivity index (χ2v) is 6.74. The summed E-state index contributed by atoms with van der Waals surface area (Å²) in [5.41, 5.74) is 1.44. The van der Waals surface area contributed by atoms with Gasteiger partial charge in [-0.2, -0.15) is 11.8 Å². The van der Waals surface area contributed by atoms with Gasteiger partial charge in [-0.15, -0.1) is 0 Å². The average Bonchev–Trinajstić information content (AvgIpc) is 2.52. The molecular formula is C17H28N2S. The zero-order chi connectivity index (χ0) is 14.0. The van der Waals surface area contributed by atoms with Crippen molar-refractivity contribution < 1.29 is 0 Å². The van der Waals surface area contributed by atoms with E-state index < -0.39 is 0 Å². The van der Waals surface area contributed by atoms with E-state index in [4.69, 9.17) is 0 Å². The van der Waals surface area contributed by atoms with E-state index in [-0.39, 0.29) is 0 Å². The average molecular weight is 292 g/mol. The van der Waals surface area contributed by atoms with Crippen LogP contribution in [0.2, 0.25) is 0 Å². The molecule has 1 fully saturated rings. The van der Waals surface area contributed by atoms with Crippen molar-refractivity contribution >= 4 is 11.8 Å². The number of nitrogens with zero attached hydrogens (tertiary/aromatic N) is 1. The Hall–Kier alpha value is -0.510. The highest BCUT2D eigenvalue weighted by molar-refractivity contribution is 7.99. The third-order valence-electron chi connectivity index (χ3n) is 3.97. The van der Waals surface area contributed by atoms with Crippen LogP contribution >= 0.6 is 11.8 Å². The Morgan fingerprint density at radius 1 is 1.20 bits per heavy atom. The fourth-order valence-electron chi connectivity index (χ4n) is 2.70. The Kier molecular flexibility index (Phi) is 7.48. The molecule has 1 aromatic rings. The summed E-state index contributed by atoms with van der Waals surface area (Å²) in [6.07, 6.45) is 3.82. The molecule has 0 saturated carbocycles. The molecule has 0 bridgehead atoms. The number of unbranched alkanes of at least 4 members (excludes halogenated alkanes) is 1. The van der Waals surface area contributed by atoms with Gasteiger partial charge in [-0.05, 0) is 12.0 Å². The second kappa shape index (κ2) is 9.43. The monoisotopic (exact) mass is 292 g/mol. The number of hydrogen-bond acceptors (Lipinski definition) is 3. The molecule has 1 aromatic carbocycles. The first-order chi connectivity index (χ1) is 9.90. The van der Waals surface area contributed by atoms with Crippen LogP contribution in [0.25, 0.3) is 0 Å². The van der Waals surface area contributed by atoms with Gasteiger partial charge in [-0.1, -0.05) is 50.1 Å². The molecule has 20 heavy (non-hydrogen) atoms. The molecule has 1 aliphatic heterocycles. The van der Waals surface area contributed by atoms with Gasteiger partial charge in [-0.25, -0.2) is 0 Å². The fraction of sp³-hybridized carbons (Fsp3) is 0.647. The zero-order valence-corrected chi connectivity index (χ0v) is 13.5. The Labute approximate surface area is 128 Å². The molecule has 3 heteroatoms. The van der Waals surface area contributed by atoms with Crippen molar-refractivity contribution in [3.63, 3.8) is 0 Å². The summed E-state index contributed by atoms with van der Waals surface area (Å²) in [4.78, 5) is 2.59. The molecule has 2 nitrogen and oxygen atoms in total. The highest BCUT2D eigenvalue weighted by Crippen LogP contribution is 2.19. The normalized spacial score (nSPS) is 18.1. The molecule has 1 aliphatic rings. The minimum atomic E-state index is 0.523.